The van der Waals surface area contributed by atoms with Gasteiger partial charge < -0.3 is 5.11 Å². The second kappa shape index (κ2) is 5.35. The van der Waals surface area contributed by atoms with Gasteiger partial charge in [0, 0.05) is 6.42 Å². The van der Waals surface area contributed by atoms with Crippen LogP contribution >= 0.6 is 0 Å². The minimum absolute atomic E-state index is 0.553. The molecule has 0 spiro atoms. The highest BCUT2D eigenvalue weighted by Gasteiger charge is 2.51. The molecule has 2 nitrogen and oxygen atoms in total. The van der Waals surface area contributed by atoms with E-state index in [1.807, 2.05) is 37.3 Å². The Morgan fingerprint density at radius 2 is 2.11 bits per heavy atom. The highest BCUT2D eigenvalue weighted by atomic mass is 16.3. The first-order chi connectivity index (χ1) is 9.03. The first-order valence-corrected chi connectivity index (χ1v) is 7.20. The van der Waals surface area contributed by atoms with Crippen LogP contribution in [0.5, 0.6) is 0 Å². The molecule has 1 aromatic carbocycles. The zero-order valence-electron chi connectivity index (χ0n) is 11.9. The summed E-state index contributed by atoms with van der Waals surface area (Å²) in [7, 11) is 0. The van der Waals surface area contributed by atoms with Crippen LogP contribution in [0.2, 0.25) is 0 Å². The van der Waals surface area contributed by atoms with E-state index < -0.39 is 11.0 Å². The number of nitriles is 1. The normalized spacial score (nSPS) is 29.7. The summed E-state index contributed by atoms with van der Waals surface area (Å²) in [5, 5.41) is 20.5. The Labute approximate surface area is 116 Å². The van der Waals surface area contributed by atoms with Gasteiger partial charge in [0.15, 0.2) is 0 Å². The Bertz CT molecular complexity index is 460. The fourth-order valence-electron chi connectivity index (χ4n) is 3.37. The van der Waals surface area contributed by atoms with Gasteiger partial charge in [-0.3, -0.25) is 0 Å². The third-order valence-electron chi connectivity index (χ3n) is 4.83. The van der Waals surface area contributed by atoms with E-state index >= 15 is 0 Å². The molecule has 1 fully saturated rings. The third kappa shape index (κ3) is 2.67. The van der Waals surface area contributed by atoms with E-state index in [1.165, 1.54) is 0 Å². The number of nitrogens with zero attached hydrogens (tertiary/aromatic N) is 1. The van der Waals surface area contributed by atoms with Gasteiger partial charge in [0.2, 0.25) is 0 Å². The molecule has 0 saturated heterocycles. The maximum atomic E-state index is 10.9. The lowest BCUT2D eigenvalue weighted by Crippen LogP contribution is -2.45. The molecule has 1 aromatic rings. The van der Waals surface area contributed by atoms with E-state index in [9.17, 15) is 10.4 Å². The second-order valence-corrected chi connectivity index (χ2v) is 6.15. The molecule has 3 atom stereocenters. The first-order valence-electron chi connectivity index (χ1n) is 7.20. The molecule has 0 aliphatic heterocycles. The van der Waals surface area contributed by atoms with Crippen LogP contribution in [-0.2, 0) is 6.42 Å². The molecule has 2 rings (SSSR count). The topological polar surface area (TPSA) is 44.0 Å². The maximum absolute atomic E-state index is 10.9. The van der Waals surface area contributed by atoms with E-state index in [1.54, 1.807) is 0 Å². The Kier molecular flexibility index (Phi) is 3.96. The van der Waals surface area contributed by atoms with Crippen molar-refractivity contribution in [2.45, 2.75) is 51.6 Å². The van der Waals surface area contributed by atoms with Crippen molar-refractivity contribution in [1.29, 1.82) is 5.26 Å². The van der Waals surface area contributed by atoms with Gasteiger partial charge in [-0.1, -0.05) is 43.7 Å². The Morgan fingerprint density at radius 3 is 2.63 bits per heavy atom. The smallest absolute Gasteiger partial charge is 0.0863 e. The standard InChI is InChI=1S/C17H23NO/c1-3-14-9-10-17(12-14,13-18)16(2,19)11-15-7-5-4-6-8-15/h4-8,14,19H,3,9-12H2,1-2H3. The number of hydrogen-bond acceptors (Lipinski definition) is 2. The van der Waals surface area contributed by atoms with Crippen molar-refractivity contribution in [1.82, 2.24) is 0 Å². The van der Waals surface area contributed by atoms with Crippen LogP contribution in [0.3, 0.4) is 0 Å². The van der Waals surface area contributed by atoms with Gasteiger partial charge >= 0.3 is 0 Å². The van der Waals surface area contributed by atoms with E-state index in [0.717, 1.165) is 31.2 Å². The predicted molar refractivity (Wildman–Crippen MR) is 76.4 cm³/mol. The average Bonchev–Trinajstić information content (AvgIpc) is 2.85. The summed E-state index contributed by atoms with van der Waals surface area (Å²) in [6.07, 6.45) is 4.37. The highest BCUT2D eigenvalue weighted by molar-refractivity contribution is 5.22. The fraction of sp³-hybridized carbons (Fsp3) is 0.588. The molecule has 0 heterocycles. The third-order valence-corrected chi connectivity index (χ3v) is 4.83. The molecule has 0 radical (unpaired) electrons. The molecular formula is C17H23NO. The lowest BCUT2D eigenvalue weighted by Gasteiger charge is -2.38. The lowest BCUT2D eigenvalue weighted by molar-refractivity contribution is -0.0378. The molecular weight excluding hydrogens is 234 g/mol. The lowest BCUT2D eigenvalue weighted by atomic mass is 9.69. The van der Waals surface area contributed by atoms with Crippen molar-refractivity contribution < 1.29 is 5.11 Å². The Hall–Kier alpha value is -1.33. The first kappa shape index (κ1) is 14.1. The number of benzene rings is 1. The molecule has 3 unspecified atom stereocenters. The zero-order chi connectivity index (χ0) is 13.9. The van der Waals surface area contributed by atoms with Gasteiger partial charge in [-0.2, -0.15) is 5.26 Å². The van der Waals surface area contributed by atoms with E-state index in [0.29, 0.717) is 12.3 Å². The van der Waals surface area contributed by atoms with Crippen molar-refractivity contribution >= 4 is 0 Å². The quantitative estimate of drug-likeness (QED) is 0.893. The molecule has 19 heavy (non-hydrogen) atoms. The molecule has 0 bridgehead atoms. The van der Waals surface area contributed by atoms with E-state index in [2.05, 4.69) is 13.0 Å². The van der Waals surface area contributed by atoms with Crippen LogP contribution < -0.4 is 0 Å². The van der Waals surface area contributed by atoms with Crippen LogP contribution in [0.1, 0.15) is 45.1 Å². The van der Waals surface area contributed by atoms with Gasteiger partial charge in [-0.25, -0.2) is 0 Å². The number of rotatable bonds is 4. The monoisotopic (exact) mass is 257 g/mol. The van der Waals surface area contributed by atoms with Gasteiger partial charge in [-0.05, 0) is 37.7 Å². The summed E-state index contributed by atoms with van der Waals surface area (Å²) in [5.41, 5.74) is -0.432. The van der Waals surface area contributed by atoms with Crippen LogP contribution in [0.4, 0.5) is 0 Å². The van der Waals surface area contributed by atoms with E-state index in [-0.39, 0.29) is 0 Å². The SMILES string of the molecule is CCC1CCC(C#N)(C(C)(O)Cc2ccccc2)C1. The van der Waals surface area contributed by atoms with Crippen LogP contribution in [0.15, 0.2) is 30.3 Å². The molecule has 0 amide bonds. The van der Waals surface area contributed by atoms with Crippen LogP contribution in [0, 0.1) is 22.7 Å². The average molecular weight is 257 g/mol. The minimum atomic E-state index is -0.951. The fourth-order valence-corrected chi connectivity index (χ4v) is 3.37. The minimum Gasteiger partial charge on any atom is -0.388 e. The summed E-state index contributed by atoms with van der Waals surface area (Å²) >= 11 is 0. The van der Waals surface area contributed by atoms with Gasteiger partial charge in [-0.15, -0.1) is 0 Å². The van der Waals surface area contributed by atoms with Crippen LogP contribution in [0.25, 0.3) is 0 Å². The molecule has 1 N–H and O–H groups in total. The molecule has 1 saturated carbocycles. The number of hydrogen-bond donors (Lipinski definition) is 1. The molecule has 1 aliphatic carbocycles. The van der Waals surface area contributed by atoms with Crippen molar-refractivity contribution in [2.24, 2.45) is 11.3 Å². The molecule has 2 heteroatoms. The largest absolute Gasteiger partial charge is 0.388 e. The van der Waals surface area contributed by atoms with E-state index in [4.69, 9.17) is 0 Å². The van der Waals surface area contributed by atoms with Crippen molar-refractivity contribution in [2.75, 3.05) is 0 Å². The van der Waals surface area contributed by atoms with Gasteiger partial charge in [0.05, 0.1) is 17.1 Å². The predicted octanol–water partition coefficient (Wildman–Crippen LogP) is 3.70. The summed E-state index contributed by atoms with van der Waals surface area (Å²) < 4.78 is 0. The summed E-state index contributed by atoms with van der Waals surface area (Å²) in [4.78, 5) is 0. The summed E-state index contributed by atoms with van der Waals surface area (Å²) in [6.45, 7) is 4.01. The molecule has 1 aliphatic rings. The number of aliphatic hydroxyl groups is 1. The Morgan fingerprint density at radius 1 is 1.42 bits per heavy atom. The van der Waals surface area contributed by atoms with Crippen molar-refractivity contribution in [3.05, 3.63) is 35.9 Å². The molecule has 0 aromatic heterocycles. The van der Waals surface area contributed by atoms with Crippen molar-refractivity contribution in [3.63, 3.8) is 0 Å². The summed E-state index contributed by atoms with van der Waals surface area (Å²) in [6, 6.07) is 12.4. The summed E-state index contributed by atoms with van der Waals surface area (Å²) in [5.74, 6) is 0.585. The Balaban J connectivity index is 2.20. The maximum Gasteiger partial charge on any atom is 0.0863 e. The van der Waals surface area contributed by atoms with Gasteiger partial charge in [0.1, 0.15) is 0 Å². The zero-order valence-corrected chi connectivity index (χ0v) is 11.9. The van der Waals surface area contributed by atoms with Gasteiger partial charge in [0.25, 0.3) is 0 Å². The molecule has 102 valence electrons. The van der Waals surface area contributed by atoms with Crippen LogP contribution in [-0.4, -0.2) is 10.7 Å². The second-order valence-electron chi connectivity index (χ2n) is 6.15. The highest BCUT2D eigenvalue weighted by Crippen LogP contribution is 2.50. The van der Waals surface area contributed by atoms with Crippen molar-refractivity contribution in [3.8, 4) is 6.07 Å².